The van der Waals surface area contributed by atoms with E-state index in [0.717, 1.165) is 21.1 Å². The lowest BCUT2D eigenvalue weighted by Crippen LogP contribution is -2.06. The van der Waals surface area contributed by atoms with Crippen molar-refractivity contribution in [3.63, 3.8) is 0 Å². The van der Waals surface area contributed by atoms with Crippen molar-refractivity contribution in [2.75, 3.05) is 17.7 Å². The van der Waals surface area contributed by atoms with Crippen molar-refractivity contribution in [2.45, 2.75) is 13.3 Å². The van der Waals surface area contributed by atoms with Crippen LogP contribution in [0.15, 0.2) is 33.5 Å². The number of anilines is 3. The predicted octanol–water partition coefficient (Wildman–Crippen LogP) is 4.12. The zero-order valence-electron chi connectivity index (χ0n) is 10.9. The number of hydrogen-bond acceptors (Lipinski definition) is 5. The first-order chi connectivity index (χ1) is 9.61. The monoisotopic (exact) mass is 400 g/mol. The number of hydrogen-bond donors (Lipinski definition) is 2. The van der Waals surface area contributed by atoms with Gasteiger partial charge in [0.2, 0.25) is 5.88 Å². The Labute approximate surface area is 134 Å². The van der Waals surface area contributed by atoms with E-state index in [2.05, 4.69) is 47.1 Å². The molecule has 0 amide bonds. The largest absolute Gasteiger partial charge is 0.476 e. The van der Waals surface area contributed by atoms with Crippen molar-refractivity contribution < 1.29 is 4.74 Å². The quantitative estimate of drug-likeness (QED) is 0.788. The fraction of sp³-hybridized carbons (Fsp3) is 0.231. The van der Waals surface area contributed by atoms with Crippen molar-refractivity contribution in [3.8, 4) is 5.88 Å². The topological polar surface area (TPSA) is 73.1 Å². The number of halogens is 2. The molecule has 7 heteroatoms. The van der Waals surface area contributed by atoms with Crippen molar-refractivity contribution in [1.29, 1.82) is 0 Å². The second-order valence-corrected chi connectivity index (χ2v) is 5.81. The predicted molar refractivity (Wildman–Crippen MR) is 87.4 cm³/mol. The van der Waals surface area contributed by atoms with Crippen molar-refractivity contribution in [2.24, 2.45) is 0 Å². The van der Waals surface area contributed by atoms with Crippen LogP contribution in [0.4, 0.5) is 17.2 Å². The Balaban J connectivity index is 2.27. The lowest BCUT2D eigenvalue weighted by atomic mass is 10.3. The number of ether oxygens (including phenoxy) is 1. The highest BCUT2D eigenvalue weighted by atomic mass is 79.9. The van der Waals surface area contributed by atoms with Gasteiger partial charge in [-0.25, -0.2) is 4.98 Å². The summed E-state index contributed by atoms with van der Waals surface area (Å²) in [6.07, 6.45) is 2.32. The van der Waals surface area contributed by atoms with Crippen LogP contribution >= 0.6 is 31.9 Å². The summed E-state index contributed by atoms with van der Waals surface area (Å²) in [7, 11) is 0. The molecule has 0 aliphatic rings. The summed E-state index contributed by atoms with van der Waals surface area (Å²) < 4.78 is 7.35. The first-order valence-electron chi connectivity index (χ1n) is 6.07. The summed E-state index contributed by atoms with van der Waals surface area (Å²) in [6.45, 7) is 2.59. The summed E-state index contributed by atoms with van der Waals surface area (Å²) in [6, 6.07) is 5.80. The highest BCUT2D eigenvalue weighted by molar-refractivity contribution is 9.11. The van der Waals surface area contributed by atoms with Crippen molar-refractivity contribution in [1.82, 2.24) is 9.97 Å². The average molecular weight is 402 g/mol. The first kappa shape index (κ1) is 15.1. The molecule has 0 saturated heterocycles. The number of aromatic nitrogens is 2. The Morgan fingerprint density at radius 2 is 2.10 bits per heavy atom. The third-order valence-corrected chi connectivity index (χ3v) is 3.66. The molecule has 1 aromatic heterocycles. The second kappa shape index (κ2) is 6.90. The molecule has 20 heavy (non-hydrogen) atoms. The van der Waals surface area contributed by atoms with E-state index in [4.69, 9.17) is 10.5 Å². The van der Waals surface area contributed by atoms with Gasteiger partial charge in [-0.2, -0.15) is 4.98 Å². The van der Waals surface area contributed by atoms with Crippen molar-refractivity contribution in [3.05, 3.63) is 33.5 Å². The maximum absolute atomic E-state index is 6.02. The molecule has 0 bridgehead atoms. The molecule has 0 atom stereocenters. The number of benzene rings is 1. The molecule has 0 saturated carbocycles. The van der Waals surface area contributed by atoms with E-state index in [-0.39, 0.29) is 0 Å². The van der Waals surface area contributed by atoms with Crippen molar-refractivity contribution >= 4 is 49.1 Å². The fourth-order valence-electron chi connectivity index (χ4n) is 1.51. The lowest BCUT2D eigenvalue weighted by Gasteiger charge is -2.12. The lowest BCUT2D eigenvalue weighted by molar-refractivity contribution is 0.307. The zero-order valence-corrected chi connectivity index (χ0v) is 14.0. The van der Waals surface area contributed by atoms with Gasteiger partial charge in [-0.3, -0.25) is 0 Å². The van der Waals surface area contributed by atoms with E-state index in [1.807, 2.05) is 25.1 Å². The minimum atomic E-state index is 0.396. The van der Waals surface area contributed by atoms with Gasteiger partial charge in [0.15, 0.2) is 5.82 Å². The van der Waals surface area contributed by atoms with Crippen LogP contribution in [0.1, 0.15) is 13.3 Å². The van der Waals surface area contributed by atoms with Crippen LogP contribution in [0.5, 0.6) is 5.88 Å². The maximum Gasteiger partial charge on any atom is 0.242 e. The van der Waals surface area contributed by atoms with Gasteiger partial charge >= 0.3 is 0 Å². The molecule has 0 radical (unpaired) electrons. The van der Waals surface area contributed by atoms with Gasteiger partial charge in [-0.05, 0) is 40.5 Å². The van der Waals surface area contributed by atoms with Crippen LogP contribution in [0.3, 0.4) is 0 Å². The molecule has 2 aromatic rings. The van der Waals surface area contributed by atoms with Gasteiger partial charge in [0.1, 0.15) is 12.0 Å². The number of rotatable bonds is 5. The van der Waals surface area contributed by atoms with Crippen LogP contribution in [0.2, 0.25) is 0 Å². The Hall–Kier alpha value is -1.34. The molecule has 0 unspecified atom stereocenters. The Kier molecular flexibility index (Phi) is 5.19. The molecule has 0 fully saturated rings. The summed E-state index contributed by atoms with van der Waals surface area (Å²) >= 11 is 6.90. The third kappa shape index (κ3) is 3.61. The number of nitrogens with two attached hydrogens (primary N) is 1. The smallest absolute Gasteiger partial charge is 0.242 e. The summed E-state index contributed by atoms with van der Waals surface area (Å²) in [5.74, 6) is 0.917. The molecular weight excluding hydrogens is 388 g/mol. The van der Waals surface area contributed by atoms with E-state index >= 15 is 0 Å². The highest BCUT2D eigenvalue weighted by Crippen LogP contribution is 2.32. The summed E-state index contributed by atoms with van der Waals surface area (Å²) in [4.78, 5) is 8.19. The molecule has 0 aliphatic carbocycles. The van der Waals surface area contributed by atoms with E-state index in [1.54, 1.807) is 0 Å². The van der Waals surface area contributed by atoms with Gasteiger partial charge in [-0.15, -0.1) is 0 Å². The number of nitrogen functional groups attached to an aromatic ring is 1. The second-order valence-electron chi connectivity index (χ2n) is 4.04. The SMILES string of the molecule is CCCOc1ncnc(Nc2cc(Br)ccc2Br)c1N. The fourth-order valence-corrected chi connectivity index (χ4v) is 2.22. The molecule has 0 spiro atoms. The minimum Gasteiger partial charge on any atom is -0.476 e. The van der Waals surface area contributed by atoms with E-state index in [0.29, 0.717) is 24.0 Å². The Bertz CT molecular complexity index is 607. The van der Waals surface area contributed by atoms with Crippen LogP contribution in [0.25, 0.3) is 0 Å². The zero-order chi connectivity index (χ0) is 14.5. The highest BCUT2D eigenvalue weighted by Gasteiger charge is 2.10. The average Bonchev–Trinajstić information content (AvgIpc) is 2.44. The van der Waals surface area contributed by atoms with Crippen LogP contribution < -0.4 is 15.8 Å². The molecule has 0 aliphatic heterocycles. The molecule has 2 rings (SSSR count). The standard InChI is InChI=1S/C13H14Br2N4O/c1-2-5-20-13-11(16)12(17-7-18-13)19-10-6-8(14)3-4-9(10)15/h3-4,6-7H,2,5,16H2,1H3,(H,17,18,19). The maximum atomic E-state index is 6.02. The molecule has 1 aromatic carbocycles. The molecule has 106 valence electrons. The van der Waals surface area contributed by atoms with Crippen LogP contribution in [-0.4, -0.2) is 16.6 Å². The number of nitrogens with zero attached hydrogens (tertiary/aromatic N) is 2. The van der Waals surface area contributed by atoms with Crippen LogP contribution in [-0.2, 0) is 0 Å². The molecular formula is C13H14Br2N4O. The van der Waals surface area contributed by atoms with E-state index in [1.165, 1.54) is 6.33 Å². The normalized spacial score (nSPS) is 10.3. The van der Waals surface area contributed by atoms with E-state index < -0.39 is 0 Å². The molecule has 1 heterocycles. The van der Waals surface area contributed by atoms with Gasteiger partial charge in [0.25, 0.3) is 0 Å². The molecule has 3 N–H and O–H groups in total. The third-order valence-electron chi connectivity index (χ3n) is 2.47. The Morgan fingerprint density at radius 1 is 1.30 bits per heavy atom. The minimum absolute atomic E-state index is 0.396. The first-order valence-corrected chi connectivity index (χ1v) is 7.65. The van der Waals surface area contributed by atoms with E-state index in [9.17, 15) is 0 Å². The Morgan fingerprint density at radius 3 is 2.85 bits per heavy atom. The van der Waals surface area contributed by atoms with Gasteiger partial charge < -0.3 is 15.8 Å². The summed E-state index contributed by atoms with van der Waals surface area (Å²) in [5, 5.41) is 3.17. The van der Waals surface area contributed by atoms with Gasteiger partial charge in [0.05, 0.1) is 12.3 Å². The molecule has 5 nitrogen and oxygen atoms in total. The van der Waals surface area contributed by atoms with Gasteiger partial charge in [0, 0.05) is 8.95 Å². The number of nitrogens with one attached hydrogen (secondary N) is 1. The van der Waals surface area contributed by atoms with Crippen LogP contribution in [0, 0.1) is 0 Å². The summed E-state index contributed by atoms with van der Waals surface area (Å²) in [5.41, 5.74) is 7.27. The van der Waals surface area contributed by atoms with Gasteiger partial charge in [-0.1, -0.05) is 22.9 Å².